The second-order valence-electron chi connectivity index (χ2n) is 7.43. The maximum Gasteiger partial charge on any atom is 0.277 e. The molecule has 2 aromatic carbocycles. The number of non-ortho nitro benzene ring substituents is 2. The summed E-state index contributed by atoms with van der Waals surface area (Å²) in [6.07, 6.45) is 1.14. The van der Waals surface area contributed by atoms with E-state index in [-0.39, 0.29) is 10.5 Å². The number of amides is 1. The van der Waals surface area contributed by atoms with Gasteiger partial charge in [-0.05, 0) is 18.2 Å². The standard InChI is InChI=1S/C19H17N5O7S2/c1-33(30,31)15-2-3-16-17(11-15)32-19(20-16)22-6-4-21(5-7-22)18(25)12-8-13(23(26)27)10-14(9-12)24(28)29/h2-3,8-11H,4-7H2,1H3. The van der Waals surface area contributed by atoms with E-state index in [0.717, 1.165) is 29.2 Å². The number of nitro groups is 2. The fourth-order valence-electron chi connectivity index (χ4n) is 3.47. The van der Waals surface area contributed by atoms with Gasteiger partial charge >= 0.3 is 0 Å². The first-order valence-corrected chi connectivity index (χ1v) is 12.3. The molecule has 0 spiro atoms. The van der Waals surface area contributed by atoms with Gasteiger partial charge in [0.1, 0.15) is 0 Å². The number of aromatic nitrogens is 1. The topological polar surface area (TPSA) is 157 Å². The summed E-state index contributed by atoms with van der Waals surface area (Å²) in [5.74, 6) is -0.524. The highest BCUT2D eigenvalue weighted by atomic mass is 32.2. The summed E-state index contributed by atoms with van der Waals surface area (Å²) in [6.45, 7) is 1.45. The van der Waals surface area contributed by atoms with Gasteiger partial charge in [0.05, 0.1) is 36.6 Å². The zero-order valence-electron chi connectivity index (χ0n) is 17.2. The van der Waals surface area contributed by atoms with Crippen LogP contribution in [0.4, 0.5) is 16.5 Å². The fourth-order valence-corrected chi connectivity index (χ4v) is 5.25. The third-order valence-electron chi connectivity index (χ3n) is 5.19. The van der Waals surface area contributed by atoms with Crippen molar-refractivity contribution in [3.63, 3.8) is 0 Å². The predicted molar refractivity (Wildman–Crippen MR) is 121 cm³/mol. The minimum absolute atomic E-state index is 0.113. The Morgan fingerprint density at radius 3 is 2.15 bits per heavy atom. The highest BCUT2D eigenvalue weighted by molar-refractivity contribution is 7.90. The first-order chi connectivity index (χ1) is 15.5. The van der Waals surface area contributed by atoms with Gasteiger partial charge in [-0.15, -0.1) is 0 Å². The molecule has 0 aliphatic carbocycles. The fraction of sp³-hybridized carbons (Fsp3) is 0.263. The van der Waals surface area contributed by atoms with Gasteiger partial charge < -0.3 is 9.80 Å². The van der Waals surface area contributed by atoms with Crippen molar-refractivity contribution in [2.24, 2.45) is 0 Å². The van der Waals surface area contributed by atoms with Gasteiger partial charge in [0.2, 0.25) is 0 Å². The maximum absolute atomic E-state index is 12.9. The number of nitrogens with zero attached hydrogens (tertiary/aromatic N) is 5. The summed E-state index contributed by atoms with van der Waals surface area (Å²) < 4.78 is 24.3. The summed E-state index contributed by atoms with van der Waals surface area (Å²) in [5.41, 5.74) is -0.481. The number of fused-ring (bicyclic) bond motifs is 1. The molecule has 1 aliphatic heterocycles. The van der Waals surface area contributed by atoms with Gasteiger partial charge in [0.25, 0.3) is 17.3 Å². The Balaban J connectivity index is 1.50. The Labute approximate surface area is 191 Å². The van der Waals surface area contributed by atoms with Crippen LogP contribution in [0.5, 0.6) is 0 Å². The molecule has 2 heterocycles. The number of carbonyl (C=O) groups is 1. The minimum atomic E-state index is -3.33. The lowest BCUT2D eigenvalue weighted by molar-refractivity contribution is -0.394. The van der Waals surface area contributed by atoms with Crippen LogP contribution in [0.25, 0.3) is 10.2 Å². The molecule has 1 aliphatic rings. The number of thiazole rings is 1. The summed E-state index contributed by atoms with van der Waals surface area (Å²) in [7, 11) is -3.33. The quantitative estimate of drug-likeness (QED) is 0.386. The second kappa shape index (κ2) is 8.37. The van der Waals surface area contributed by atoms with E-state index < -0.39 is 37.0 Å². The zero-order valence-corrected chi connectivity index (χ0v) is 18.8. The van der Waals surface area contributed by atoms with Crippen molar-refractivity contribution in [3.05, 3.63) is 62.2 Å². The molecule has 0 N–H and O–H groups in total. The predicted octanol–water partition coefficient (Wildman–Crippen LogP) is 2.48. The lowest BCUT2D eigenvalue weighted by Crippen LogP contribution is -2.48. The van der Waals surface area contributed by atoms with Gasteiger partial charge in [-0.3, -0.25) is 25.0 Å². The molecule has 0 unspecified atom stereocenters. The number of sulfone groups is 1. The summed E-state index contributed by atoms with van der Waals surface area (Å²) in [5, 5.41) is 22.9. The average Bonchev–Trinajstić information content (AvgIpc) is 3.21. The van der Waals surface area contributed by atoms with Crippen LogP contribution in [0.2, 0.25) is 0 Å². The Hall–Kier alpha value is -3.65. The van der Waals surface area contributed by atoms with Crippen molar-refractivity contribution in [2.75, 3.05) is 37.3 Å². The first-order valence-electron chi connectivity index (χ1n) is 9.62. The van der Waals surface area contributed by atoms with Gasteiger partial charge in [-0.1, -0.05) is 11.3 Å². The van der Waals surface area contributed by atoms with Crippen molar-refractivity contribution < 1.29 is 23.1 Å². The number of hydrogen-bond donors (Lipinski definition) is 0. The van der Waals surface area contributed by atoms with Gasteiger partial charge in [0, 0.05) is 44.6 Å². The molecule has 1 aromatic heterocycles. The molecule has 0 saturated carbocycles. The van der Waals surface area contributed by atoms with Crippen molar-refractivity contribution in [1.82, 2.24) is 9.88 Å². The van der Waals surface area contributed by atoms with Gasteiger partial charge in [-0.2, -0.15) is 0 Å². The highest BCUT2D eigenvalue weighted by Crippen LogP contribution is 2.31. The van der Waals surface area contributed by atoms with Crippen LogP contribution in [-0.4, -0.2) is 66.5 Å². The summed E-state index contributed by atoms with van der Waals surface area (Å²) >= 11 is 1.35. The molecule has 1 amide bonds. The average molecular weight is 492 g/mol. The van der Waals surface area contributed by atoms with Crippen LogP contribution in [0.3, 0.4) is 0 Å². The molecule has 0 radical (unpaired) electrons. The van der Waals surface area contributed by atoms with E-state index in [1.165, 1.54) is 22.3 Å². The number of anilines is 1. The van der Waals surface area contributed by atoms with Gasteiger partial charge in [0.15, 0.2) is 15.0 Å². The Morgan fingerprint density at radius 2 is 1.61 bits per heavy atom. The SMILES string of the molecule is CS(=O)(=O)c1ccc2nc(N3CCN(C(=O)c4cc([N+](=O)[O-])cc([N+](=O)[O-])c4)CC3)sc2c1. The molecule has 3 aromatic rings. The van der Waals surface area contributed by atoms with Crippen molar-refractivity contribution in [2.45, 2.75) is 4.90 Å². The van der Waals surface area contributed by atoms with E-state index in [0.29, 0.717) is 36.8 Å². The monoisotopic (exact) mass is 491 g/mol. The van der Waals surface area contributed by atoms with Crippen molar-refractivity contribution >= 4 is 53.8 Å². The van der Waals surface area contributed by atoms with Crippen LogP contribution in [0, 0.1) is 20.2 Å². The van der Waals surface area contributed by atoms with E-state index in [1.807, 2.05) is 4.90 Å². The molecule has 0 atom stereocenters. The molecule has 1 fully saturated rings. The minimum Gasteiger partial charge on any atom is -0.345 e. The molecule has 172 valence electrons. The summed E-state index contributed by atoms with van der Waals surface area (Å²) in [4.78, 5) is 41.7. The number of rotatable bonds is 5. The number of benzene rings is 2. The largest absolute Gasteiger partial charge is 0.345 e. The van der Waals surface area contributed by atoms with Gasteiger partial charge in [-0.25, -0.2) is 13.4 Å². The Kier molecular flexibility index (Phi) is 5.71. The number of hydrogen-bond acceptors (Lipinski definition) is 10. The van der Waals surface area contributed by atoms with E-state index in [4.69, 9.17) is 0 Å². The van der Waals surface area contributed by atoms with Crippen LogP contribution in [0.1, 0.15) is 10.4 Å². The molecule has 33 heavy (non-hydrogen) atoms. The van der Waals surface area contributed by atoms with Crippen molar-refractivity contribution in [1.29, 1.82) is 0 Å². The van der Waals surface area contributed by atoms with Crippen LogP contribution in [0.15, 0.2) is 41.3 Å². The maximum atomic E-state index is 12.9. The number of carbonyl (C=O) groups excluding carboxylic acids is 1. The molecule has 12 nitrogen and oxygen atoms in total. The molecule has 14 heteroatoms. The van der Waals surface area contributed by atoms with Crippen molar-refractivity contribution in [3.8, 4) is 0 Å². The normalized spacial score (nSPS) is 14.5. The molecular formula is C19H17N5O7S2. The Morgan fingerprint density at radius 1 is 1.00 bits per heavy atom. The van der Waals surface area contributed by atoms with E-state index in [2.05, 4.69) is 4.98 Å². The third kappa shape index (κ3) is 4.61. The number of nitro benzene ring substituents is 2. The highest BCUT2D eigenvalue weighted by Gasteiger charge is 2.27. The molecule has 1 saturated heterocycles. The van der Waals surface area contributed by atoms with Crippen LogP contribution < -0.4 is 4.90 Å². The number of piperazine rings is 1. The van der Waals surface area contributed by atoms with Crippen LogP contribution >= 0.6 is 11.3 Å². The molecule has 0 bridgehead atoms. The van der Waals surface area contributed by atoms with Crippen LogP contribution in [-0.2, 0) is 9.84 Å². The zero-order chi connectivity index (χ0) is 23.9. The van der Waals surface area contributed by atoms with E-state index in [1.54, 1.807) is 12.1 Å². The Bertz CT molecular complexity index is 1360. The molecule has 4 rings (SSSR count). The second-order valence-corrected chi connectivity index (χ2v) is 10.5. The molecular weight excluding hydrogens is 474 g/mol. The third-order valence-corrected chi connectivity index (χ3v) is 7.37. The summed E-state index contributed by atoms with van der Waals surface area (Å²) in [6, 6.07) is 7.64. The van der Waals surface area contributed by atoms with E-state index >= 15 is 0 Å². The smallest absolute Gasteiger partial charge is 0.277 e. The lowest BCUT2D eigenvalue weighted by atomic mass is 10.1. The first kappa shape index (κ1) is 22.5. The van der Waals surface area contributed by atoms with E-state index in [9.17, 15) is 33.4 Å². The lowest BCUT2D eigenvalue weighted by Gasteiger charge is -2.34.